The lowest BCUT2D eigenvalue weighted by molar-refractivity contribution is -0.0866. The summed E-state index contributed by atoms with van der Waals surface area (Å²) in [6.07, 6.45) is 4.67. The lowest BCUT2D eigenvalue weighted by atomic mass is 9.66. The van der Waals surface area contributed by atoms with Gasteiger partial charge in [0.1, 0.15) is 0 Å². The first-order chi connectivity index (χ1) is 10.1. The van der Waals surface area contributed by atoms with Gasteiger partial charge in [-0.1, -0.05) is 31.2 Å². The van der Waals surface area contributed by atoms with Crippen molar-refractivity contribution in [3.05, 3.63) is 35.4 Å². The van der Waals surface area contributed by atoms with Crippen LogP contribution in [0.2, 0.25) is 0 Å². The van der Waals surface area contributed by atoms with Crippen molar-refractivity contribution in [2.24, 2.45) is 11.1 Å². The monoisotopic (exact) mass is 288 g/mol. The van der Waals surface area contributed by atoms with Crippen LogP contribution in [0.1, 0.15) is 37.3 Å². The van der Waals surface area contributed by atoms with Crippen molar-refractivity contribution in [2.45, 2.75) is 44.6 Å². The molecule has 3 N–H and O–H groups in total. The Kier molecular flexibility index (Phi) is 4.08. The normalized spacial score (nSPS) is 29.1. The second-order valence-electron chi connectivity index (χ2n) is 6.93. The summed E-state index contributed by atoms with van der Waals surface area (Å²) in [5.74, 6) is 0. The largest absolute Gasteiger partial charge is 0.389 e. The standard InChI is InChI=1S/C18H28N2O/c1-2-20-10-5-8-18(21,9-11-20)17(14-19)12-15-6-3-4-7-16(15)13-17/h3-4,6-7,21H,2,5,8-14,19H2,1H3. The van der Waals surface area contributed by atoms with Gasteiger partial charge in [-0.05, 0) is 56.3 Å². The van der Waals surface area contributed by atoms with E-state index in [0.29, 0.717) is 6.54 Å². The summed E-state index contributed by atoms with van der Waals surface area (Å²) < 4.78 is 0. The topological polar surface area (TPSA) is 49.5 Å². The molecule has 21 heavy (non-hydrogen) atoms. The van der Waals surface area contributed by atoms with Gasteiger partial charge in [-0.2, -0.15) is 0 Å². The number of hydrogen-bond acceptors (Lipinski definition) is 3. The summed E-state index contributed by atoms with van der Waals surface area (Å²) in [5.41, 5.74) is 8.19. The number of likely N-dealkylation sites (tertiary alicyclic amines) is 1. The molecule has 1 fully saturated rings. The quantitative estimate of drug-likeness (QED) is 0.894. The zero-order chi connectivity index (χ0) is 14.9. The highest BCUT2D eigenvalue weighted by atomic mass is 16.3. The molecule has 1 unspecified atom stereocenters. The molecule has 1 aliphatic carbocycles. The maximum Gasteiger partial charge on any atom is 0.0734 e. The molecular weight excluding hydrogens is 260 g/mol. The van der Waals surface area contributed by atoms with Crippen LogP contribution in [0.5, 0.6) is 0 Å². The number of rotatable bonds is 3. The number of fused-ring (bicyclic) bond motifs is 1. The number of nitrogens with two attached hydrogens (primary N) is 1. The maximum atomic E-state index is 11.5. The fourth-order valence-corrected chi connectivity index (χ4v) is 4.38. The van der Waals surface area contributed by atoms with Crippen molar-refractivity contribution in [3.63, 3.8) is 0 Å². The molecule has 0 amide bonds. The van der Waals surface area contributed by atoms with E-state index in [2.05, 4.69) is 36.1 Å². The summed E-state index contributed by atoms with van der Waals surface area (Å²) in [5, 5.41) is 11.5. The van der Waals surface area contributed by atoms with E-state index in [1.165, 1.54) is 11.1 Å². The first kappa shape index (κ1) is 15.0. The molecule has 2 aliphatic rings. The molecule has 1 saturated heterocycles. The molecular formula is C18H28N2O. The fourth-order valence-electron chi connectivity index (χ4n) is 4.38. The third-order valence-electron chi connectivity index (χ3n) is 5.91. The van der Waals surface area contributed by atoms with Crippen LogP contribution >= 0.6 is 0 Å². The minimum Gasteiger partial charge on any atom is -0.389 e. The average Bonchev–Trinajstić information content (AvgIpc) is 2.80. The van der Waals surface area contributed by atoms with Crippen LogP contribution in [-0.4, -0.2) is 41.8 Å². The highest BCUT2D eigenvalue weighted by molar-refractivity contribution is 5.36. The van der Waals surface area contributed by atoms with Crippen LogP contribution in [-0.2, 0) is 12.8 Å². The molecule has 3 rings (SSSR count). The molecule has 0 bridgehead atoms. The molecule has 1 atom stereocenters. The molecule has 3 heteroatoms. The molecule has 0 spiro atoms. The van der Waals surface area contributed by atoms with Crippen LogP contribution in [0.25, 0.3) is 0 Å². The molecule has 1 aliphatic heterocycles. The Hall–Kier alpha value is -0.900. The van der Waals surface area contributed by atoms with Gasteiger partial charge in [-0.3, -0.25) is 0 Å². The number of benzene rings is 1. The van der Waals surface area contributed by atoms with Crippen molar-refractivity contribution in [3.8, 4) is 0 Å². The first-order valence-corrected chi connectivity index (χ1v) is 8.34. The van der Waals surface area contributed by atoms with E-state index < -0.39 is 5.60 Å². The number of aliphatic hydroxyl groups is 1. The van der Waals surface area contributed by atoms with E-state index in [4.69, 9.17) is 5.73 Å². The van der Waals surface area contributed by atoms with Gasteiger partial charge >= 0.3 is 0 Å². The molecule has 1 heterocycles. The molecule has 0 aromatic heterocycles. The minimum absolute atomic E-state index is 0.166. The predicted octanol–water partition coefficient (Wildman–Crippen LogP) is 1.97. The van der Waals surface area contributed by atoms with Gasteiger partial charge in [0.05, 0.1) is 5.60 Å². The van der Waals surface area contributed by atoms with Gasteiger partial charge in [0.15, 0.2) is 0 Å². The van der Waals surface area contributed by atoms with Gasteiger partial charge in [0, 0.05) is 18.5 Å². The Labute approximate surface area is 128 Å². The summed E-state index contributed by atoms with van der Waals surface area (Å²) in [6, 6.07) is 8.60. The zero-order valence-electron chi connectivity index (χ0n) is 13.1. The van der Waals surface area contributed by atoms with Crippen molar-refractivity contribution in [2.75, 3.05) is 26.2 Å². The Balaban J connectivity index is 1.86. The van der Waals surface area contributed by atoms with E-state index >= 15 is 0 Å². The van der Waals surface area contributed by atoms with Gasteiger partial charge in [0.25, 0.3) is 0 Å². The highest BCUT2D eigenvalue weighted by Crippen LogP contribution is 2.48. The van der Waals surface area contributed by atoms with Gasteiger partial charge in [0.2, 0.25) is 0 Å². The van der Waals surface area contributed by atoms with E-state index in [1.54, 1.807) is 0 Å². The second kappa shape index (κ2) is 5.71. The first-order valence-electron chi connectivity index (χ1n) is 8.34. The minimum atomic E-state index is -0.620. The summed E-state index contributed by atoms with van der Waals surface area (Å²) >= 11 is 0. The van der Waals surface area contributed by atoms with Crippen molar-refractivity contribution < 1.29 is 5.11 Å². The Bertz CT molecular complexity index is 477. The average molecular weight is 288 g/mol. The third kappa shape index (κ3) is 2.52. The molecule has 116 valence electrons. The van der Waals surface area contributed by atoms with E-state index in [-0.39, 0.29) is 5.41 Å². The molecule has 0 saturated carbocycles. The third-order valence-corrected chi connectivity index (χ3v) is 5.91. The van der Waals surface area contributed by atoms with E-state index in [0.717, 1.165) is 51.7 Å². The molecule has 3 nitrogen and oxygen atoms in total. The predicted molar refractivity (Wildman–Crippen MR) is 86.3 cm³/mol. The van der Waals surface area contributed by atoms with Gasteiger partial charge in [-0.25, -0.2) is 0 Å². The van der Waals surface area contributed by atoms with Gasteiger partial charge < -0.3 is 15.7 Å². The zero-order valence-corrected chi connectivity index (χ0v) is 13.1. The highest BCUT2D eigenvalue weighted by Gasteiger charge is 2.52. The molecule has 1 aromatic rings. The van der Waals surface area contributed by atoms with Gasteiger partial charge in [-0.15, -0.1) is 0 Å². The maximum absolute atomic E-state index is 11.5. The summed E-state index contributed by atoms with van der Waals surface area (Å²) in [4.78, 5) is 2.45. The van der Waals surface area contributed by atoms with Crippen LogP contribution in [0.4, 0.5) is 0 Å². The van der Waals surface area contributed by atoms with Crippen LogP contribution < -0.4 is 5.73 Å². The van der Waals surface area contributed by atoms with Crippen molar-refractivity contribution in [1.29, 1.82) is 0 Å². The summed E-state index contributed by atoms with van der Waals surface area (Å²) in [7, 11) is 0. The Morgan fingerprint density at radius 1 is 1.14 bits per heavy atom. The SMILES string of the molecule is CCN1CCCC(O)(C2(CN)Cc3ccccc3C2)CC1. The lowest BCUT2D eigenvalue weighted by Gasteiger charge is -2.44. The fraction of sp³-hybridized carbons (Fsp3) is 0.667. The van der Waals surface area contributed by atoms with Crippen LogP contribution in [0, 0.1) is 5.41 Å². The molecule has 0 radical (unpaired) electrons. The molecule has 1 aromatic carbocycles. The smallest absolute Gasteiger partial charge is 0.0734 e. The van der Waals surface area contributed by atoms with E-state index in [1.807, 2.05) is 0 Å². The number of nitrogens with zero attached hydrogens (tertiary/aromatic N) is 1. The van der Waals surface area contributed by atoms with Crippen LogP contribution in [0.3, 0.4) is 0 Å². The lowest BCUT2D eigenvalue weighted by Crippen LogP contribution is -2.54. The second-order valence-corrected chi connectivity index (χ2v) is 6.93. The Morgan fingerprint density at radius 2 is 1.81 bits per heavy atom. The van der Waals surface area contributed by atoms with E-state index in [9.17, 15) is 5.11 Å². The van der Waals surface area contributed by atoms with Crippen molar-refractivity contribution in [1.82, 2.24) is 4.90 Å². The summed E-state index contributed by atoms with van der Waals surface area (Å²) in [6.45, 7) is 5.95. The Morgan fingerprint density at radius 3 is 2.38 bits per heavy atom. The van der Waals surface area contributed by atoms with Crippen LogP contribution in [0.15, 0.2) is 24.3 Å². The number of hydrogen-bond donors (Lipinski definition) is 2. The van der Waals surface area contributed by atoms with Crippen molar-refractivity contribution >= 4 is 0 Å².